The van der Waals surface area contributed by atoms with Gasteiger partial charge in [-0.2, -0.15) is 0 Å². The number of amidine groups is 1. The first-order chi connectivity index (χ1) is 8.75. The summed E-state index contributed by atoms with van der Waals surface area (Å²) in [6.45, 7) is 2.29. The first-order valence-electron chi connectivity index (χ1n) is 5.74. The molecule has 0 saturated heterocycles. The van der Waals surface area contributed by atoms with Gasteiger partial charge in [-0.1, -0.05) is 0 Å². The average Bonchev–Trinajstić information content (AvgIpc) is 2.38. The van der Waals surface area contributed by atoms with Crippen LogP contribution in [0.25, 0.3) is 0 Å². The molecule has 0 radical (unpaired) electrons. The second-order valence-corrected chi connectivity index (χ2v) is 3.57. The number of hydrogen-bond acceptors (Lipinski definition) is 5. The minimum atomic E-state index is -0.0954. The summed E-state index contributed by atoms with van der Waals surface area (Å²) >= 11 is 0. The van der Waals surface area contributed by atoms with Crippen molar-refractivity contribution in [2.24, 2.45) is 5.73 Å². The minimum Gasteiger partial charge on any atom is -0.491 e. The van der Waals surface area contributed by atoms with Crippen molar-refractivity contribution in [1.29, 1.82) is 5.41 Å². The Morgan fingerprint density at radius 3 is 2.89 bits per heavy atom. The first kappa shape index (κ1) is 14.4. The van der Waals surface area contributed by atoms with E-state index in [4.69, 9.17) is 25.4 Å². The summed E-state index contributed by atoms with van der Waals surface area (Å²) in [4.78, 5) is 4.00. The van der Waals surface area contributed by atoms with Gasteiger partial charge >= 0.3 is 0 Å². The maximum atomic E-state index is 7.37. The Morgan fingerprint density at radius 1 is 1.33 bits per heavy atom. The normalized spacial score (nSPS) is 10.3. The van der Waals surface area contributed by atoms with E-state index < -0.39 is 0 Å². The second-order valence-electron chi connectivity index (χ2n) is 3.57. The summed E-state index contributed by atoms with van der Waals surface area (Å²) < 4.78 is 15.7. The summed E-state index contributed by atoms with van der Waals surface area (Å²) in [5, 5.41) is 7.37. The van der Waals surface area contributed by atoms with Gasteiger partial charge in [-0.25, -0.2) is 4.98 Å². The molecule has 3 N–H and O–H groups in total. The highest BCUT2D eigenvalue weighted by Crippen LogP contribution is 2.14. The maximum Gasteiger partial charge on any atom is 0.148 e. The Balaban J connectivity index is 2.25. The van der Waals surface area contributed by atoms with Crippen LogP contribution in [0.1, 0.15) is 12.1 Å². The number of rotatable bonds is 9. The van der Waals surface area contributed by atoms with Gasteiger partial charge in [0.25, 0.3) is 0 Å². The molecule has 0 saturated carbocycles. The summed E-state index contributed by atoms with van der Waals surface area (Å²) in [6, 6.07) is 3.49. The number of hydrogen-bond donors (Lipinski definition) is 2. The molecule has 6 nitrogen and oxygen atoms in total. The molecule has 1 aromatic heterocycles. The zero-order chi connectivity index (χ0) is 13.2. The zero-order valence-corrected chi connectivity index (χ0v) is 10.5. The number of nitrogens with two attached hydrogens (primary N) is 1. The van der Waals surface area contributed by atoms with Crippen molar-refractivity contribution >= 4 is 5.84 Å². The van der Waals surface area contributed by atoms with Crippen LogP contribution in [-0.2, 0) is 9.47 Å². The van der Waals surface area contributed by atoms with Crippen LogP contribution < -0.4 is 10.5 Å². The highest BCUT2D eigenvalue weighted by molar-refractivity contribution is 5.95. The third kappa shape index (κ3) is 5.11. The molecule has 0 unspecified atom stereocenters. The van der Waals surface area contributed by atoms with E-state index in [1.54, 1.807) is 25.4 Å². The largest absolute Gasteiger partial charge is 0.491 e. The predicted octanol–water partition coefficient (Wildman–Crippen LogP) is 0.798. The monoisotopic (exact) mass is 253 g/mol. The van der Waals surface area contributed by atoms with Gasteiger partial charge in [0.15, 0.2) is 0 Å². The van der Waals surface area contributed by atoms with Gasteiger partial charge in [-0.3, -0.25) is 5.41 Å². The molecule has 0 amide bonds. The van der Waals surface area contributed by atoms with E-state index in [0.717, 1.165) is 6.42 Å². The molecule has 0 aromatic carbocycles. The molecule has 0 aliphatic heterocycles. The third-order valence-electron chi connectivity index (χ3n) is 2.15. The topological polar surface area (TPSA) is 90.5 Å². The van der Waals surface area contributed by atoms with Crippen LogP contribution in [0.4, 0.5) is 0 Å². The van der Waals surface area contributed by atoms with Crippen LogP contribution in [0.2, 0.25) is 0 Å². The number of aromatic nitrogens is 1. The fraction of sp³-hybridized carbons (Fsp3) is 0.500. The van der Waals surface area contributed by atoms with E-state index in [2.05, 4.69) is 4.98 Å². The lowest BCUT2D eigenvalue weighted by Crippen LogP contribution is -2.15. The van der Waals surface area contributed by atoms with E-state index in [1.807, 2.05) is 0 Å². The molecule has 1 aromatic rings. The number of nitrogens with zero attached hydrogens (tertiary/aromatic N) is 1. The van der Waals surface area contributed by atoms with Crippen molar-refractivity contribution in [3.05, 3.63) is 24.0 Å². The summed E-state index contributed by atoms with van der Waals surface area (Å²) in [5.41, 5.74) is 5.78. The standard InChI is InChI=1S/C12H19N3O3/c1-16-8-9-17-6-3-7-18-10-4-2-5-15-11(10)12(13)14/h2,4-5H,3,6-9H2,1H3,(H3,13,14). The third-order valence-corrected chi connectivity index (χ3v) is 2.15. The number of pyridine rings is 1. The molecule has 18 heavy (non-hydrogen) atoms. The van der Waals surface area contributed by atoms with Crippen molar-refractivity contribution in [2.45, 2.75) is 6.42 Å². The second kappa shape index (κ2) is 8.43. The van der Waals surface area contributed by atoms with Gasteiger partial charge in [-0.15, -0.1) is 0 Å². The maximum absolute atomic E-state index is 7.37. The number of methoxy groups -OCH3 is 1. The highest BCUT2D eigenvalue weighted by atomic mass is 16.5. The van der Waals surface area contributed by atoms with Crippen LogP contribution in [0.3, 0.4) is 0 Å². The summed E-state index contributed by atoms with van der Waals surface area (Å²) in [5.74, 6) is 0.434. The Morgan fingerprint density at radius 2 is 2.17 bits per heavy atom. The van der Waals surface area contributed by atoms with E-state index >= 15 is 0 Å². The first-order valence-corrected chi connectivity index (χ1v) is 5.74. The van der Waals surface area contributed by atoms with Crippen molar-refractivity contribution in [3.8, 4) is 5.75 Å². The molecule has 0 fully saturated rings. The van der Waals surface area contributed by atoms with E-state index in [0.29, 0.717) is 37.9 Å². The van der Waals surface area contributed by atoms with E-state index in [9.17, 15) is 0 Å². The average molecular weight is 253 g/mol. The lowest BCUT2D eigenvalue weighted by molar-refractivity contribution is 0.0644. The number of nitrogen functional groups attached to an aromatic ring is 1. The molecular weight excluding hydrogens is 234 g/mol. The summed E-state index contributed by atoms with van der Waals surface area (Å²) in [7, 11) is 1.64. The summed E-state index contributed by atoms with van der Waals surface area (Å²) in [6.07, 6.45) is 2.34. The molecule has 0 bridgehead atoms. The minimum absolute atomic E-state index is 0.0954. The van der Waals surface area contributed by atoms with Crippen LogP contribution in [0.5, 0.6) is 5.75 Å². The van der Waals surface area contributed by atoms with Gasteiger partial charge in [0.2, 0.25) is 0 Å². The number of nitrogens with one attached hydrogen (secondary N) is 1. The fourth-order valence-corrected chi connectivity index (χ4v) is 1.30. The Labute approximate surface area is 107 Å². The Kier molecular flexibility index (Phi) is 6.75. The van der Waals surface area contributed by atoms with E-state index in [1.165, 1.54) is 0 Å². The predicted molar refractivity (Wildman–Crippen MR) is 68.1 cm³/mol. The smallest absolute Gasteiger partial charge is 0.148 e. The molecule has 0 aliphatic carbocycles. The molecule has 0 aliphatic rings. The van der Waals surface area contributed by atoms with Crippen LogP contribution >= 0.6 is 0 Å². The Hall–Kier alpha value is -1.66. The SMILES string of the molecule is COCCOCCCOc1cccnc1C(=N)N. The fourth-order valence-electron chi connectivity index (χ4n) is 1.30. The molecule has 0 spiro atoms. The van der Waals surface area contributed by atoms with Gasteiger partial charge in [0.1, 0.15) is 17.3 Å². The molecule has 0 atom stereocenters. The van der Waals surface area contributed by atoms with Crippen LogP contribution in [0.15, 0.2) is 18.3 Å². The van der Waals surface area contributed by atoms with Crippen LogP contribution in [0, 0.1) is 5.41 Å². The van der Waals surface area contributed by atoms with Gasteiger partial charge < -0.3 is 19.9 Å². The molecule has 1 heterocycles. The van der Waals surface area contributed by atoms with Gasteiger partial charge in [0.05, 0.1) is 19.8 Å². The van der Waals surface area contributed by atoms with Gasteiger partial charge in [0, 0.05) is 26.3 Å². The highest BCUT2D eigenvalue weighted by Gasteiger charge is 2.06. The van der Waals surface area contributed by atoms with Crippen LogP contribution in [-0.4, -0.2) is 44.4 Å². The molecule has 1 rings (SSSR count). The quantitative estimate of drug-likeness (QED) is 0.386. The lowest BCUT2D eigenvalue weighted by atomic mass is 10.3. The molecule has 6 heteroatoms. The van der Waals surface area contributed by atoms with Crippen molar-refractivity contribution in [1.82, 2.24) is 4.98 Å². The lowest BCUT2D eigenvalue weighted by Gasteiger charge is -2.09. The number of ether oxygens (including phenoxy) is 3. The van der Waals surface area contributed by atoms with Crippen molar-refractivity contribution in [3.63, 3.8) is 0 Å². The zero-order valence-electron chi connectivity index (χ0n) is 10.5. The molecule has 100 valence electrons. The van der Waals surface area contributed by atoms with Crippen molar-refractivity contribution < 1.29 is 14.2 Å². The van der Waals surface area contributed by atoms with Gasteiger partial charge in [-0.05, 0) is 12.1 Å². The molecular formula is C12H19N3O3. The van der Waals surface area contributed by atoms with Crippen molar-refractivity contribution in [2.75, 3.05) is 33.5 Å². The van der Waals surface area contributed by atoms with E-state index in [-0.39, 0.29) is 5.84 Å². The Bertz CT molecular complexity index is 371.